The molecule has 118 valence electrons. The SMILES string of the molecule is CCC[C@](C)(OCC)C(=O)Nc1cc(C)c(OC)c(C)c1. The van der Waals surface area contributed by atoms with E-state index in [-0.39, 0.29) is 5.91 Å². The molecule has 0 heterocycles. The predicted octanol–water partition coefficient (Wildman–Crippen LogP) is 3.85. The van der Waals surface area contributed by atoms with Crippen molar-refractivity contribution in [1.82, 2.24) is 0 Å². The van der Waals surface area contributed by atoms with Gasteiger partial charge in [0.25, 0.3) is 5.91 Å². The van der Waals surface area contributed by atoms with Gasteiger partial charge in [-0.2, -0.15) is 0 Å². The summed E-state index contributed by atoms with van der Waals surface area (Å²) in [5, 5.41) is 2.97. The topological polar surface area (TPSA) is 47.6 Å². The van der Waals surface area contributed by atoms with Crippen molar-refractivity contribution in [3.63, 3.8) is 0 Å². The maximum Gasteiger partial charge on any atom is 0.256 e. The molecule has 0 radical (unpaired) electrons. The molecule has 21 heavy (non-hydrogen) atoms. The highest BCUT2D eigenvalue weighted by atomic mass is 16.5. The van der Waals surface area contributed by atoms with Crippen LogP contribution >= 0.6 is 0 Å². The maximum atomic E-state index is 12.5. The Labute approximate surface area is 127 Å². The zero-order valence-corrected chi connectivity index (χ0v) is 14.0. The van der Waals surface area contributed by atoms with Gasteiger partial charge < -0.3 is 14.8 Å². The first-order valence-corrected chi connectivity index (χ1v) is 7.48. The van der Waals surface area contributed by atoms with E-state index < -0.39 is 5.60 Å². The molecule has 1 atom stereocenters. The summed E-state index contributed by atoms with van der Waals surface area (Å²) in [6, 6.07) is 3.84. The summed E-state index contributed by atoms with van der Waals surface area (Å²) in [4.78, 5) is 12.5. The third-order valence-corrected chi connectivity index (χ3v) is 3.59. The van der Waals surface area contributed by atoms with E-state index in [1.807, 2.05) is 46.8 Å². The number of carbonyl (C=O) groups is 1. The van der Waals surface area contributed by atoms with Gasteiger partial charge in [-0.05, 0) is 57.4 Å². The van der Waals surface area contributed by atoms with Gasteiger partial charge in [0.2, 0.25) is 0 Å². The van der Waals surface area contributed by atoms with Gasteiger partial charge >= 0.3 is 0 Å². The molecule has 0 bridgehead atoms. The largest absolute Gasteiger partial charge is 0.496 e. The average molecular weight is 293 g/mol. The van der Waals surface area contributed by atoms with E-state index in [9.17, 15) is 4.79 Å². The molecule has 4 nitrogen and oxygen atoms in total. The molecule has 1 rings (SSSR count). The number of anilines is 1. The first-order valence-electron chi connectivity index (χ1n) is 7.48. The Morgan fingerprint density at radius 3 is 2.24 bits per heavy atom. The maximum absolute atomic E-state index is 12.5. The Morgan fingerprint density at radius 1 is 1.24 bits per heavy atom. The Balaban J connectivity index is 2.96. The minimum Gasteiger partial charge on any atom is -0.496 e. The van der Waals surface area contributed by atoms with Crippen LogP contribution in [-0.2, 0) is 9.53 Å². The molecule has 1 N–H and O–H groups in total. The van der Waals surface area contributed by atoms with Gasteiger partial charge in [0.15, 0.2) is 0 Å². The van der Waals surface area contributed by atoms with Crippen LogP contribution in [0.2, 0.25) is 0 Å². The van der Waals surface area contributed by atoms with Gasteiger partial charge in [-0.1, -0.05) is 13.3 Å². The summed E-state index contributed by atoms with van der Waals surface area (Å²) < 4.78 is 11.0. The number of hydrogen-bond acceptors (Lipinski definition) is 3. The van der Waals surface area contributed by atoms with Crippen molar-refractivity contribution in [1.29, 1.82) is 0 Å². The van der Waals surface area contributed by atoms with E-state index in [0.29, 0.717) is 13.0 Å². The summed E-state index contributed by atoms with van der Waals surface area (Å²) in [6.07, 6.45) is 1.59. The zero-order valence-electron chi connectivity index (χ0n) is 14.0. The smallest absolute Gasteiger partial charge is 0.256 e. The highest BCUT2D eigenvalue weighted by Crippen LogP contribution is 2.28. The molecule has 0 aliphatic heterocycles. The molecular weight excluding hydrogens is 266 g/mol. The van der Waals surface area contributed by atoms with Crippen molar-refractivity contribution >= 4 is 11.6 Å². The Kier molecular flexibility index (Phi) is 6.21. The molecule has 0 fully saturated rings. The van der Waals surface area contributed by atoms with Gasteiger partial charge in [-0.15, -0.1) is 0 Å². The third-order valence-electron chi connectivity index (χ3n) is 3.59. The summed E-state index contributed by atoms with van der Waals surface area (Å²) in [6.45, 7) is 10.3. The standard InChI is InChI=1S/C17H27NO3/c1-7-9-17(5,21-8-2)16(19)18-14-10-12(3)15(20-6)13(4)11-14/h10-11H,7-9H2,1-6H3,(H,18,19)/t17-/m0/s1. The predicted molar refractivity (Wildman–Crippen MR) is 86.0 cm³/mol. The van der Waals surface area contributed by atoms with Crippen LogP contribution in [0.3, 0.4) is 0 Å². The number of benzene rings is 1. The highest BCUT2D eigenvalue weighted by Gasteiger charge is 2.33. The van der Waals surface area contributed by atoms with Crippen molar-refractivity contribution in [3.8, 4) is 5.75 Å². The molecule has 0 saturated heterocycles. The summed E-state index contributed by atoms with van der Waals surface area (Å²) in [5.41, 5.74) is 1.99. The molecule has 1 amide bonds. The van der Waals surface area contributed by atoms with Crippen LogP contribution in [0.15, 0.2) is 12.1 Å². The highest BCUT2D eigenvalue weighted by molar-refractivity contribution is 5.97. The Hall–Kier alpha value is -1.55. The van der Waals surface area contributed by atoms with E-state index in [2.05, 4.69) is 5.32 Å². The monoisotopic (exact) mass is 293 g/mol. The number of aryl methyl sites for hydroxylation is 2. The molecule has 1 aromatic rings. The minimum atomic E-state index is -0.786. The van der Waals surface area contributed by atoms with E-state index in [4.69, 9.17) is 9.47 Å². The lowest BCUT2D eigenvalue weighted by atomic mass is 9.98. The molecule has 0 aliphatic rings. The number of hydrogen-bond donors (Lipinski definition) is 1. The Bertz CT molecular complexity index is 468. The van der Waals surface area contributed by atoms with Crippen molar-refractivity contribution in [2.24, 2.45) is 0 Å². The number of carbonyl (C=O) groups excluding carboxylic acids is 1. The van der Waals surface area contributed by atoms with Crippen LogP contribution in [0, 0.1) is 13.8 Å². The zero-order chi connectivity index (χ0) is 16.0. The second kappa shape index (κ2) is 7.46. The van der Waals surface area contributed by atoms with E-state index in [1.54, 1.807) is 7.11 Å². The number of ether oxygens (including phenoxy) is 2. The molecule has 1 aromatic carbocycles. The summed E-state index contributed by atoms with van der Waals surface area (Å²) >= 11 is 0. The van der Waals surface area contributed by atoms with Gasteiger partial charge in [-0.25, -0.2) is 0 Å². The van der Waals surface area contributed by atoms with Crippen molar-refractivity contribution in [2.45, 2.75) is 53.1 Å². The fourth-order valence-corrected chi connectivity index (χ4v) is 2.65. The lowest BCUT2D eigenvalue weighted by Crippen LogP contribution is -2.42. The molecular formula is C17H27NO3. The van der Waals surface area contributed by atoms with Crippen molar-refractivity contribution in [3.05, 3.63) is 23.3 Å². The second-order valence-corrected chi connectivity index (χ2v) is 5.51. The number of methoxy groups -OCH3 is 1. The lowest BCUT2D eigenvalue weighted by molar-refractivity contribution is -0.139. The first kappa shape index (κ1) is 17.5. The fourth-order valence-electron chi connectivity index (χ4n) is 2.65. The molecule has 0 saturated carbocycles. The van der Waals surface area contributed by atoms with Gasteiger partial charge in [0.1, 0.15) is 11.4 Å². The Morgan fingerprint density at radius 2 is 1.81 bits per heavy atom. The first-order chi connectivity index (χ1) is 9.87. The van der Waals surface area contributed by atoms with Gasteiger partial charge in [0.05, 0.1) is 7.11 Å². The van der Waals surface area contributed by atoms with Gasteiger partial charge in [-0.3, -0.25) is 4.79 Å². The van der Waals surface area contributed by atoms with Crippen molar-refractivity contribution in [2.75, 3.05) is 19.0 Å². The molecule has 4 heteroatoms. The average Bonchev–Trinajstić information content (AvgIpc) is 2.38. The summed E-state index contributed by atoms with van der Waals surface area (Å²) in [7, 11) is 1.65. The van der Waals surface area contributed by atoms with E-state index in [1.165, 1.54) is 0 Å². The third kappa shape index (κ3) is 4.21. The van der Waals surface area contributed by atoms with Crippen LogP contribution in [-0.4, -0.2) is 25.2 Å². The fraction of sp³-hybridized carbons (Fsp3) is 0.588. The molecule has 0 unspecified atom stereocenters. The normalized spacial score (nSPS) is 13.6. The number of rotatable bonds is 7. The minimum absolute atomic E-state index is 0.102. The van der Waals surface area contributed by atoms with Crippen molar-refractivity contribution < 1.29 is 14.3 Å². The van der Waals surface area contributed by atoms with Crippen LogP contribution < -0.4 is 10.1 Å². The van der Waals surface area contributed by atoms with Crippen LogP contribution in [0.1, 0.15) is 44.7 Å². The van der Waals surface area contributed by atoms with Crippen LogP contribution in [0.25, 0.3) is 0 Å². The molecule has 0 aliphatic carbocycles. The second-order valence-electron chi connectivity index (χ2n) is 5.51. The van der Waals surface area contributed by atoms with E-state index >= 15 is 0 Å². The van der Waals surface area contributed by atoms with E-state index in [0.717, 1.165) is 29.0 Å². The summed E-state index contributed by atoms with van der Waals surface area (Å²) in [5.74, 6) is 0.754. The van der Waals surface area contributed by atoms with Gasteiger partial charge in [0, 0.05) is 12.3 Å². The molecule has 0 aromatic heterocycles. The number of nitrogens with one attached hydrogen (secondary N) is 1. The van der Waals surface area contributed by atoms with Crippen LogP contribution in [0.5, 0.6) is 5.75 Å². The number of amides is 1. The van der Waals surface area contributed by atoms with Crippen LogP contribution in [0.4, 0.5) is 5.69 Å². The quantitative estimate of drug-likeness (QED) is 0.830. The lowest BCUT2D eigenvalue weighted by Gasteiger charge is -2.28. The molecule has 0 spiro atoms.